The van der Waals surface area contributed by atoms with E-state index in [2.05, 4.69) is 25.9 Å². The number of fused-ring (bicyclic) bond motifs is 2. The van der Waals surface area contributed by atoms with Gasteiger partial charge in [-0.15, -0.1) is 0 Å². The SMILES string of the molecule is Nc1ncnc2c1ccn2[C@@H]1O[C@H]([C@H](O)c2ccc(Cl)c(OCC(=O)NCCNc3cccc4c3C(=O)N(C3CCC(=O)NC3=O)C4=O)c2)[C@@H](O)[C@H]1O. The van der Waals surface area contributed by atoms with Crippen molar-refractivity contribution in [2.45, 2.75) is 49.5 Å². The fourth-order valence-electron chi connectivity index (χ4n) is 6.63. The molecular weight excluding hydrogens is 716 g/mol. The Morgan fingerprint density at radius 3 is 2.70 bits per heavy atom. The number of aliphatic hydroxyl groups excluding tert-OH is 3. The van der Waals surface area contributed by atoms with E-state index in [0.717, 1.165) is 4.90 Å². The Hall–Kier alpha value is -5.66. The number of aliphatic hydroxyl groups is 3. The van der Waals surface area contributed by atoms with Crippen LogP contribution >= 0.6 is 11.6 Å². The van der Waals surface area contributed by atoms with Crippen molar-refractivity contribution >= 4 is 63.7 Å². The van der Waals surface area contributed by atoms with Crippen LogP contribution in [0.15, 0.2) is 55.0 Å². The zero-order valence-corrected chi connectivity index (χ0v) is 28.4. The van der Waals surface area contributed by atoms with Gasteiger partial charge in [-0.3, -0.25) is 34.2 Å². The first-order chi connectivity index (χ1) is 25.4. The molecule has 0 saturated carbocycles. The third-order valence-corrected chi connectivity index (χ3v) is 9.60. The van der Waals surface area contributed by atoms with Crippen molar-refractivity contribution in [2.75, 3.05) is 30.7 Å². The van der Waals surface area contributed by atoms with E-state index in [1.165, 1.54) is 35.2 Å². The number of imide groups is 2. The zero-order chi connectivity index (χ0) is 37.6. The Morgan fingerprint density at radius 1 is 1.09 bits per heavy atom. The second kappa shape index (κ2) is 14.4. The minimum absolute atomic E-state index is 0.00370. The van der Waals surface area contributed by atoms with Gasteiger partial charge in [-0.2, -0.15) is 0 Å². The van der Waals surface area contributed by atoms with Crippen LogP contribution in [0.4, 0.5) is 11.5 Å². The van der Waals surface area contributed by atoms with Crippen LogP contribution in [0.1, 0.15) is 51.5 Å². The quantitative estimate of drug-likeness (QED) is 0.0789. The van der Waals surface area contributed by atoms with Crippen molar-refractivity contribution in [1.29, 1.82) is 0 Å². The van der Waals surface area contributed by atoms with Crippen molar-refractivity contribution in [3.05, 3.63) is 76.7 Å². The van der Waals surface area contributed by atoms with E-state index in [0.29, 0.717) is 16.7 Å². The monoisotopic (exact) mass is 748 g/mol. The highest BCUT2D eigenvalue weighted by atomic mass is 35.5. The maximum Gasteiger partial charge on any atom is 0.264 e. The Labute approximate surface area is 304 Å². The molecule has 19 heteroatoms. The molecule has 0 bridgehead atoms. The van der Waals surface area contributed by atoms with Gasteiger partial charge in [-0.05, 0) is 42.3 Å². The standard InChI is InChI=1S/C34H33ClN8O10/c35-18-5-4-15(25(46)28-26(47)27(48)34(53-28)42-11-8-17-29(36)39-14-40-30(17)42)12-21(18)52-13-23(45)38-10-9-37-19-3-1-2-16-24(19)33(51)43(32(16)50)20-6-7-22(44)41-31(20)49/h1-5,8,11-12,14,20,25-28,34,37,46-48H,6-7,9-10,13H2,(H,38,45)(H2,36,39,40)(H,41,44,49)/t20?,25-,26+,27-,28-,34-/m1/s1. The molecule has 0 spiro atoms. The van der Waals surface area contributed by atoms with Crippen molar-refractivity contribution in [1.82, 2.24) is 30.1 Å². The first-order valence-corrected chi connectivity index (χ1v) is 16.9. The van der Waals surface area contributed by atoms with E-state index in [1.807, 2.05) is 0 Å². The molecule has 6 atom stereocenters. The normalized spacial score (nSPS) is 23.2. The van der Waals surface area contributed by atoms with Crippen LogP contribution in [0.2, 0.25) is 5.02 Å². The molecule has 276 valence electrons. The summed E-state index contributed by atoms with van der Waals surface area (Å²) in [5.41, 5.74) is 7.05. The number of nitrogens with zero attached hydrogens (tertiary/aromatic N) is 4. The van der Waals surface area contributed by atoms with Crippen LogP contribution < -0.4 is 26.4 Å². The maximum absolute atomic E-state index is 13.3. The number of hydrogen-bond acceptors (Lipinski definition) is 14. The summed E-state index contributed by atoms with van der Waals surface area (Å²) >= 11 is 6.31. The summed E-state index contributed by atoms with van der Waals surface area (Å²) in [5.74, 6) is -2.70. The second-order valence-electron chi connectivity index (χ2n) is 12.6. The number of amides is 5. The maximum atomic E-state index is 13.3. The van der Waals surface area contributed by atoms with Crippen LogP contribution in [-0.2, 0) is 19.1 Å². The number of carbonyl (C=O) groups excluding carboxylic acids is 5. The van der Waals surface area contributed by atoms with Gasteiger partial charge in [-0.25, -0.2) is 9.97 Å². The molecule has 0 aliphatic carbocycles. The van der Waals surface area contributed by atoms with Gasteiger partial charge in [0.05, 0.1) is 21.5 Å². The Bertz CT molecular complexity index is 2150. The number of nitrogens with one attached hydrogen (secondary N) is 3. The first-order valence-electron chi connectivity index (χ1n) is 16.5. The minimum atomic E-state index is -1.49. The predicted octanol–water partition coefficient (Wildman–Crippen LogP) is 0.0280. The average molecular weight is 749 g/mol. The zero-order valence-electron chi connectivity index (χ0n) is 27.6. The van der Waals surface area contributed by atoms with E-state index in [-0.39, 0.29) is 59.2 Å². The van der Waals surface area contributed by atoms with Crippen LogP contribution in [-0.4, -0.2) is 108 Å². The molecule has 18 nitrogen and oxygen atoms in total. The Morgan fingerprint density at radius 2 is 1.91 bits per heavy atom. The molecule has 0 radical (unpaired) electrons. The summed E-state index contributed by atoms with van der Waals surface area (Å²) in [6, 6.07) is 9.52. The van der Waals surface area contributed by atoms with Crippen LogP contribution in [0.25, 0.3) is 11.0 Å². The molecule has 2 aromatic carbocycles. The van der Waals surface area contributed by atoms with Gasteiger partial charge in [0, 0.05) is 31.4 Å². The van der Waals surface area contributed by atoms with Gasteiger partial charge in [0.15, 0.2) is 12.8 Å². The number of anilines is 2. The molecule has 2 fully saturated rings. The number of piperidine rings is 1. The first kappa shape index (κ1) is 35.7. The number of nitrogen functional groups attached to an aromatic ring is 1. The summed E-state index contributed by atoms with van der Waals surface area (Å²) < 4.78 is 13.0. The van der Waals surface area contributed by atoms with Crippen molar-refractivity contribution in [3.8, 4) is 5.75 Å². The highest BCUT2D eigenvalue weighted by Crippen LogP contribution is 2.39. The average Bonchev–Trinajstić information content (AvgIpc) is 3.78. The van der Waals surface area contributed by atoms with E-state index in [9.17, 15) is 39.3 Å². The third kappa shape index (κ3) is 6.62. The van der Waals surface area contributed by atoms with Crippen molar-refractivity contribution in [3.63, 3.8) is 0 Å². The van der Waals surface area contributed by atoms with Gasteiger partial charge < -0.3 is 45.7 Å². The molecule has 3 aliphatic heterocycles. The number of carbonyl (C=O) groups is 5. The number of benzene rings is 2. The minimum Gasteiger partial charge on any atom is -0.482 e. The van der Waals surface area contributed by atoms with Gasteiger partial charge in [0.25, 0.3) is 17.7 Å². The number of nitrogens with two attached hydrogens (primary N) is 1. The van der Waals surface area contributed by atoms with Crippen molar-refractivity contribution in [2.24, 2.45) is 0 Å². The molecule has 5 amide bonds. The number of aromatic nitrogens is 3. The van der Waals surface area contributed by atoms with Gasteiger partial charge in [0.2, 0.25) is 11.8 Å². The van der Waals surface area contributed by atoms with E-state index >= 15 is 0 Å². The van der Waals surface area contributed by atoms with Gasteiger partial charge >= 0.3 is 0 Å². The summed E-state index contributed by atoms with van der Waals surface area (Å²) in [6.07, 6.45) is -3.86. The van der Waals surface area contributed by atoms with Gasteiger partial charge in [0.1, 0.15) is 54.0 Å². The van der Waals surface area contributed by atoms with Crippen LogP contribution in [0.5, 0.6) is 5.75 Å². The van der Waals surface area contributed by atoms with Crippen molar-refractivity contribution < 1.29 is 48.8 Å². The summed E-state index contributed by atoms with van der Waals surface area (Å²) in [5, 5.41) is 41.4. The summed E-state index contributed by atoms with van der Waals surface area (Å²) in [7, 11) is 0. The third-order valence-electron chi connectivity index (χ3n) is 9.29. The predicted molar refractivity (Wildman–Crippen MR) is 184 cm³/mol. The largest absolute Gasteiger partial charge is 0.482 e. The molecule has 4 aromatic rings. The molecule has 7 rings (SSSR count). The lowest BCUT2D eigenvalue weighted by Crippen LogP contribution is -2.54. The fraction of sp³-hybridized carbons (Fsp3) is 0.324. The van der Waals surface area contributed by atoms with E-state index < -0.39 is 72.8 Å². The number of hydrogen-bond donors (Lipinski definition) is 7. The Kier molecular flexibility index (Phi) is 9.71. The second-order valence-corrected chi connectivity index (χ2v) is 13.0. The van der Waals surface area contributed by atoms with Crippen LogP contribution in [0.3, 0.4) is 0 Å². The lowest BCUT2D eigenvalue weighted by atomic mass is 9.99. The molecule has 5 heterocycles. The molecule has 2 saturated heterocycles. The number of halogens is 1. The van der Waals surface area contributed by atoms with E-state index in [1.54, 1.807) is 24.4 Å². The number of ether oxygens (including phenoxy) is 2. The molecule has 8 N–H and O–H groups in total. The Balaban J connectivity index is 0.927. The molecule has 53 heavy (non-hydrogen) atoms. The highest BCUT2D eigenvalue weighted by Gasteiger charge is 2.48. The lowest BCUT2D eigenvalue weighted by Gasteiger charge is -2.27. The molecule has 3 aliphatic rings. The van der Waals surface area contributed by atoms with Gasteiger partial charge in [-0.1, -0.05) is 23.7 Å². The topological polar surface area (TPSA) is 261 Å². The fourth-order valence-corrected chi connectivity index (χ4v) is 6.80. The molecular formula is C34H33ClN8O10. The number of rotatable bonds is 11. The highest BCUT2D eigenvalue weighted by molar-refractivity contribution is 6.32. The smallest absolute Gasteiger partial charge is 0.264 e. The summed E-state index contributed by atoms with van der Waals surface area (Å²) in [4.78, 5) is 71.9. The lowest BCUT2D eigenvalue weighted by molar-refractivity contribution is -0.136. The van der Waals surface area contributed by atoms with E-state index in [4.69, 9.17) is 26.8 Å². The van der Waals surface area contributed by atoms with Crippen LogP contribution in [0, 0.1) is 0 Å². The summed E-state index contributed by atoms with van der Waals surface area (Å²) in [6.45, 7) is -0.212. The molecule has 2 aromatic heterocycles. The molecule has 1 unspecified atom stereocenters.